The number of rotatable bonds is 2. The summed E-state index contributed by atoms with van der Waals surface area (Å²) in [5.74, 6) is 1.63. The minimum absolute atomic E-state index is 0.762. The molecule has 2 rings (SSSR count). The number of nitrogens with zero attached hydrogens (tertiary/aromatic N) is 2. The van der Waals surface area contributed by atoms with Crippen LogP contribution >= 0.6 is 22.6 Å². The molecule has 0 atom stereocenters. The highest BCUT2D eigenvalue weighted by atomic mass is 127. The summed E-state index contributed by atoms with van der Waals surface area (Å²) in [4.78, 5) is 8.87. The van der Waals surface area contributed by atoms with Crippen LogP contribution in [0, 0.1) is 17.4 Å². The van der Waals surface area contributed by atoms with Crippen molar-refractivity contribution in [2.75, 3.05) is 12.4 Å². The molecule has 17 heavy (non-hydrogen) atoms. The predicted molar refractivity (Wildman–Crippen MR) is 79.2 cm³/mol. The van der Waals surface area contributed by atoms with Gasteiger partial charge in [-0.15, -0.1) is 0 Å². The van der Waals surface area contributed by atoms with E-state index in [0.717, 1.165) is 20.8 Å². The van der Waals surface area contributed by atoms with Crippen LogP contribution < -0.4 is 5.32 Å². The first kappa shape index (κ1) is 12.3. The van der Waals surface area contributed by atoms with E-state index in [1.165, 1.54) is 11.1 Å². The molecule has 0 fully saturated rings. The molecule has 0 unspecified atom stereocenters. The molecule has 0 spiro atoms. The van der Waals surface area contributed by atoms with Crippen molar-refractivity contribution in [3.63, 3.8) is 0 Å². The van der Waals surface area contributed by atoms with Crippen LogP contribution in [0.3, 0.4) is 0 Å². The molecule has 0 saturated heterocycles. The van der Waals surface area contributed by atoms with E-state index >= 15 is 0 Å². The molecule has 4 heteroatoms. The van der Waals surface area contributed by atoms with Crippen molar-refractivity contribution >= 4 is 28.4 Å². The van der Waals surface area contributed by atoms with Crippen LogP contribution in [0.15, 0.2) is 24.4 Å². The molecular formula is C13H14IN3. The van der Waals surface area contributed by atoms with E-state index in [0.29, 0.717) is 0 Å². The number of hydrogen-bond donors (Lipinski definition) is 1. The topological polar surface area (TPSA) is 37.8 Å². The number of benzene rings is 1. The Bertz CT molecular complexity index is 552. The summed E-state index contributed by atoms with van der Waals surface area (Å²) in [6, 6.07) is 6.28. The molecule has 0 aliphatic carbocycles. The summed E-state index contributed by atoms with van der Waals surface area (Å²) >= 11 is 2.22. The summed E-state index contributed by atoms with van der Waals surface area (Å²) < 4.78 is 1.03. The maximum atomic E-state index is 4.50. The van der Waals surface area contributed by atoms with Crippen LogP contribution in [-0.4, -0.2) is 17.0 Å². The molecule has 0 aliphatic rings. The first-order valence-corrected chi connectivity index (χ1v) is 6.47. The van der Waals surface area contributed by atoms with E-state index in [4.69, 9.17) is 0 Å². The number of anilines is 1. The van der Waals surface area contributed by atoms with E-state index < -0.39 is 0 Å². The average Bonchev–Trinajstić information content (AvgIpc) is 2.33. The highest BCUT2D eigenvalue weighted by Crippen LogP contribution is 2.22. The Morgan fingerprint density at radius 3 is 2.59 bits per heavy atom. The number of hydrogen-bond acceptors (Lipinski definition) is 3. The summed E-state index contributed by atoms with van der Waals surface area (Å²) in [5, 5.41) is 3.07. The zero-order chi connectivity index (χ0) is 12.4. The maximum absolute atomic E-state index is 4.50. The minimum Gasteiger partial charge on any atom is -0.372 e. The van der Waals surface area contributed by atoms with Crippen molar-refractivity contribution in [3.05, 3.63) is 39.1 Å². The molecule has 1 heterocycles. The Morgan fingerprint density at radius 2 is 1.94 bits per heavy atom. The number of nitrogens with one attached hydrogen (secondary N) is 1. The van der Waals surface area contributed by atoms with Gasteiger partial charge in [-0.3, -0.25) is 0 Å². The zero-order valence-corrected chi connectivity index (χ0v) is 12.2. The van der Waals surface area contributed by atoms with Crippen LogP contribution in [0.5, 0.6) is 0 Å². The van der Waals surface area contributed by atoms with E-state index in [1.807, 2.05) is 13.2 Å². The molecule has 0 amide bonds. The van der Waals surface area contributed by atoms with E-state index in [-0.39, 0.29) is 0 Å². The molecule has 0 bridgehead atoms. The summed E-state index contributed by atoms with van der Waals surface area (Å²) in [5.41, 5.74) is 3.60. The Morgan fingerprint density at radius 1 is 1.18 bits per heavy atom. The molecule has 88 valence electrons. The lowest BCUT2D eigenvalue weighted by atomic mass is 10.1. The number of aryl methyl sites for hydroxylation is 2. The largest absolute Gasteiger partial charge is 0.372 e. The molecule has 2 aromatic rings. The van der Waals surface area contributed by atoms with Gasteiger partial charge in [0.1, 0.15) is 5.82 Å². The van der Waals surface area contributed by atoms with E-state index in [9.17, 15) is 0 Å². The van der Waals surface area contributed by atoms with Gasteiger partial charge in [-0.25, -0.2) is 9.97 Å². The van der Waals surface area contributed by atoms with Gasteiger partial charge >= 0.3 is 0 Å². The van der Waals surface area contributed by atoms with E-state index in [2.05, 4.69) is 69.9 Å². The summed E-state index contributed by atoms with van der Waals surface area (Å²) in [7, 11) is 1.87. The van der Waals surface area contributed by atoms with Crippen LogP contribution in [0.25, 0.3) is 11.4 Å². The Labute approximate surface area is 115 Å². The standard InChI is InChI=1S/C13H14IN3/c1-8-4-5-10(6-9(8)2)12-16-7-11(14)13(15-3)17-12/h4-7H,1-3H3,(H,15,16,17). The third kappa shape index (κ3) is 2.57. The SMILES string of the molecule is CNc1nc(-c2ccc(C)c(C)c2)ncc1I. The van der Waals surface area contributed by atoms with Crippen molar-refractivity contribution < 1.29 is 0 Å². The van der Waals surface area contributed by atoms with Crippen LogP contribution in [0.4, 0.5) is 5.82 Å². The summed E-state index contributed by atoms with van der Waals surface area (Å²) in [6.45, 7) is 4.21. The molecule has 0 aliphatic heterocycles. The summed E-state index contributed by atoms with van der Waals surface area (Å²) in [6.07, 6.45) is 1.84. The van der Waals surface area contributed by atoms with Gasteiger partial charge in [0.25, 0.3) is 0 Å². The molecular weight excluding hydrogens is 325 g/mol. The Hall–Kier alpha value is -1.17. The van der Waals surface area contributed by atoms with Gasteiger partial charge in [-0.1, -0.05) is 12.1 Å². The van der Waals surface area contributed by atoms with Crippen molar-refractivity contribution in [2.24, 2.45) is 0 Å². The average molecular weight is 339 g/mol. The highest BCUT2D eigenvalue weighted by Gasteiger charge is 2.06. The van der Waals surface area contributed by atoms with E-state index in [1.54, 1.807) is 0 Å². The Kier molecular flexibility index (Phi) is 3.61. The predicted octanol–water partition coefficient (Wildman–Crippen LogP) is 3.41. The Balaban J connectivity index is 2.49. The minimum atomic E-state index is 0.762. The van der Waals surface area contributed by atoms with Crippen molar-refractivity contribution in [1.82, 2.24) is 9.97 Å². The van der Waals surface area contributed by atoms with Crippen LogP contribution in [0.2, 0.25) is 0 Å². The molecule has 1 aromatic carbocycles. The normalized spacial score (nSPS) is 10.4. The maximum Gasteiger partial charge on any atom is 0.161 e. The lowest BCUT2D eigenvalue weighted by Gasteiger charge is -2.07. The first-order valence-electron chi connectivity index (χ1n) is 5.39. The third-order valence-electron chi connectivity index (χ3n) is 2.75. The monoisotopic (exact) mass is 339 g/mol. The number of aromatic nitrogens is 2. The quantitative estimate of drug-likeness (QED) is 0.852. The number of halogens is 1. The molecule has 0 saturated carbocycles. The van der Waals surface area contributed by atoms with Gasteiger partial charge in [0.05, 0.1) is 3.57 Å². The van der Waals surface area contributed by atoms with Gasteiger partial charge in [-0.05, 0) is 53.6 Å². The van der Waals surface area contributed by atoms with Gasteiger partial charge in [0.15, 0.2) is 5.82 Å². The molecule has 3 nitrogen and oxygen atoms in total. The highest BCUT2D eigenvalue weighted by molar-refractivity contribution is 14.1. The van der Waals surface area contributed by atoms with Crippen LogP contribution in [0.1, 0.15) is 11.1 Å². The van der Waals surface area contributed by atoms with Crippen molar-refractivity contribution in [1.29, 1.82) is 0 Å². The van der Waals surface area contributed by atoms with Gasteiger partial charge in [-0.2, -0.15) is 0 Å². The first-order chi connectivity index (χ1) is 8.11. The zero-order valence-electron chi connectivity index (χ0n) is 10.1. The van der Waals surface area contributed by atoms with Crippen molar-refractivity contribution in [3.8, 4) is 11.4 Å². The van der Waals surface area contributed by atoms with Crippen molar-refractivity contribution in [2.45, 2.75) is 13.8 Å². The second-order valence-corrected chi connectivity index (χ2v) is 5.10. The fourth-order valence-electron chi connectivity index (χ4n) is 1.56. The molecule has 1 aromatic heterocycles. The second-order valence-electron chi connectivity index (χ2n) is 3.94. The van der Waals surface area contributed by atoms with Gasteiger partial charge < -0.3 is 5.32 Å². The lowest BCUT2D eigenvalue weighted by Crippen LogP contribution is -1.99. The molecule has 1 N–H and O–H groups in total. The fraction of sp³-hybridized carbons (Fsp3) is 0.231. The molecule has 0 radical (unpaired) electrons. The van der Waals surface area contributed by atoms with Crippen LogP contribution in [-0.2, 0) is 0 Å². The smallest absolute Gasteiger partial charge is 0.161 e. The second kappa shape index (κ2) is 5.00. The lowest BCUT2D eigenvalue weighted by molar-refractivity contribution is 1.15. The fourth-order valence-corrected chi connectivity index (χ4v) is 2.09. The third-order valence-corrected chi connectivity index (χ3v) is 3.54. The van der Waals surface area contributed by atoms with Gasteiger partial charge in [0, 0.05) is 18.8 Å². The van der Waals surface area contributed by atoms with Gasteiger partial charge in [0.2, 0.25) is 0 Å².